The van der Waals surface area contributed by atoms with Gasteiger partial charge in [-0.2, -0.15) is 0 Å². The van der Waals surface area contributed by atoms with E-state index in [4.69, 9.17) is 4.74 Å². The number of ether oxygens (including phenoxy) is 1. The zero-order chi connectivity index (χ0) is 21.2. The molecule has 2 aliphatic rings. The lowest BCUT2D eigenvalue weighted by molar-refractivity contribution is 0.0487. The number of carbonyl (C=O) groups excluding carboxylic acids is 1. The van der Waals surface area contributed by atoms with Crippen LogP contribution in [0, 0.1) is 5.82 Å². The van der Waals surface area contributed by atoms with Gasteiger partial charge in [0.15, 0.2) is 0 Å². The highest BCUT2D eigenvalue weighted by molar-refractivity contribution is 7.89. The Bertz CT molecular complexity index is 996. The van der Waals surface area contributed by atoms with Crippen LogP contribution in [0.2, 0.25) is 0 Å². The number of amides is 1. The van der Waals surface area contributed by atoms with Crippen molar-refractivity contribution in [1.29, 1.82) is 0 Å². The predicted octanol–water partition coefficient (Wildman–Crippen LogP) is 2.74. The lowest BCUT2D eigenvalue weighted by atomic mass is 9.74. The van der Waals surface area contributed by atoms with Crippen molar-refractivity contribution < 1.29 is 22.3 Å². The Hall–Kier alpha value is -2.29. The van der Waals surface area contributed by atoms with Gasteiger partial charge in [0.1, 0.15) is 5.82 Å². The number of hydrogen-bond acceptors (Lipinski definition) is 4. The second-order valence-corrected chi connectivity index (χ2v) is 9.72. The van der Waals surface area contributed by atoms with Crippen LogP contribution in [0.4, 0.5) is 4.39 Å². The molecule has 1 amide bonds. The third-order valence-corrected chi connectivity index (χ3v) is 7.36. The van der Waals surface area contributed by atoms with Crippen molar-refractivity contribution in [3.63, 3.8) is 0 Å². The van der Waals surface area contributed by atoms with E-state index in [1.807, 2.05) is 0 Å². The average molecular weight is 433 g/mol. The lowest BCUT2D eigenvalue weighted by Gasteiger charge is -2.38. The molecule has 0 aromatic heterocycles. The van der Waals surface area contributed by atoms with Crippen LogP contribution in [0.3, 0.4) is 0 Å². The summed E-state index contributed by atoms with van der Waals surface area (Å²) in [5.41, 5.74) is 1.04. The highest BCUT2D eigenvalue weighted by Crippen LogP contribution is 2.34. The van der Waals surface area contributed by atoms with Crippen LogP contribution in [-0.2, 0) is 20.2 Å². The molecule has 2 N–H and O–H groups in total. The summed E-state index contributed by atoms with van der Waals surface area (Å²) in [7, 11) is -3.54. The second kappa shape index (κ2) is 8.45. The first-order chi connectivity index (χ1) is 14.4. The molecule has 2 aromatic rings. The molecule has 2 fully saturated rings. The predicted molar refractivity (Wildman–Crippen MR) is 110 cm³/mol. The van der Waals surface area contributed by atoms with Crippen molar-refractivity contribution in [2.75, 3.05) is 19.8 Å². The molecule has 160 valence electrons. The minimum atomic E-state index is -3.54. The Morgan fingerprint density at radius 2 is 1.67 bits per heavy atom. The summed E-state index contributed by atoms with van der Waals surface area (Å²) < 4.78 is 46.0. The maximum atomic E-state index is 13.4. The van der Waals surface area contributed by atoms with Crippen LogP contribution >= 0.6 is 0 Å². The first kappa shape index (κ1) is 21.0. The molecule has 30 heavy (non-hydrogen) atoms. The zero-order valence-corrected chi connectivity index (χ0v) is 17.4. The largest absolute Gasteiger partial charge is 0.381 e. The Labute approximate surface area is 175 Å². The van der Waals surface area contributed by atoms with E-state index in [0.29, 0.717) is 25.3 Å². The molecule has 1 heterocycles. The zero-order valence-electron chi connectivity index (χ0n) is 16.6. The number of nitrogens with one attached hydrogen (secondary N) is 2. The Balaban J connectivity index is 1.45. The fourth-order valence-corrected chi connectivity index (χ4v) is 5.06. The van der Waals surface area contributed by atoms with Gasteiger partial charge in [-0.05, 0) is 67.6 Å². The third-order valence-electron chi connectivity index (χ3n) is 5.82. The van der Waals surface area contributed by atoms with Crippen molar-refractivity contribution in [2.45, 2.75) is 42.0 Å². The fourth-order valence-electron chi connectivity index (χ4n) is 3.76. The van der Waals surface area contributed by atoms with Crippen molar-refractivity contribution in [1.82, 2.24) is 10.0 Å². The highest BCUT2D eigenvalue weighted by Gasteiger charge is 2.35. The van der Waals surface area contributed by atoms with Crippen molar-refractivity contribution in [3.8, 4) is 0 Å². The molecule has 4 rings (SSSR count). The summed E-state index contributed by atoms with van der Waals surface area (Å²) >= 11 is 0. The molecule has 0 spiro atoms. The van der Waals surface area contributed by atoms with E-state index in [0.717, 1.165) is 31.2 Å². The van der Waals surface area contributed by atoms with Crippen LogP contribution in [0.25, 0.3) is 0 Å². The summed E-state index contributed by atoms with van der Waals surface area (Å²) in [6.45, 7) is 1.55. The van der Waals surface area contributed by atoms with Gasteiger partial charge >= 0.3 is 0 Å². The summed E-state index contributed by atoms with van der Waals surface area (Å²) in [5, 5.41) is 2.97. The lowest BCUT2D eigenvalue weighted by Crippen LogP contribution is -2.44. The number of hydrogen-bond donors (Lipinski definition) is 2. The smallest absolute Gasteiger partial charge is 0.251 e. The number of rotatable bonds is 7. The van der Waals surface area contributed by atoms with E-state index in [-0.39, 0.29) is 28.1 Å². The topological polar surface area (TPSA) is 84.5 Å². The van der Waals surface area contributed by atoms with Gasteiger partial charge < -0.3 is 10.1 Å². The molecular weight excluding hydrogens is 407 g/mol. The molecule has 6 nitrogen and oxygen atoms in total. The third kappa shape index (κ3) is 4.71. The van der Waals surface area contributed by atoms with E-state index >= 15 is 0 Å². The number of sulfonamides is 1. The first-order valence-corrected chi connectivity index (χ1v) is 11.6. The molecule has 2 aromatic carbocycles. The molecule has 8 heteroatoms. The van der Waals surface area contributed by atoms with Gasteiger partial charge in [-0.3, -0.25) is 4.79 Å². The molecule has 0 unspecified atom stereocenters. The van der Waals surface area contributed by atoms with Crippen LogP contribution in [0.15, 0.2) is 53.4 Å². The molecular formula is C22H25FN2O4S. The van der Waals surface area contributed by atoms with Crippen molar-refractivity contribution in [3.05, 3.63) is 65.5 Å². The summed E-state index contributed by atoms with van der Waals surface area (Å²) in [5.74, 6) is -0.571. The van der Waals surface area contributed by atoms with E-state index in [1.54, 1.807) is 12.1 Å². The van der Waals surface area contributed by atoms with Gasteiger partial charge in [-0.15, -0.1) is 0 Å². The molecule has 0 radical (unpaired) electrons. The summed E-state index contributed by atoms with van der Waals surface area (Å²) in [4.78, 5) is 12.8. The second-order valence-electron chi connectivity index (χ2n) is 8.00. The maximum absolute atomic E-state index is 13.4. The van der Waals surface area contributed by atoms with E-state index in [9.17, 15) is 17.6 Å². The van der Waals surface area contributed by atoms with Crippen LogP contribution < -0.4 is 10.0 Å². The van der Waals surface area contributed by atoms with Gasteiger partial charge in [0, 0.05) is 36.8 Å². The normalized spacial score (nSPS) is 18.7. The van der Waals surface area contributed by atoms with E-state index < -0.39 is 10.0 Å². The molecule has 0 atom stereocenters. The quantitative estimate of drug-likeness (QED) is 0.705. The van der Waals surface area contributed by atoms with E-state index in [1.165, 1.54) is 36.4 Å². The molecule has 1 saturated heterocycles. The molecule has 1 aliphatic heterocycles. The number of benzene rings is 2. The fraction of sp³-hybridized carbons (Fsp3) is 0.409. The summed E-state index contributed by atoms with van der Waals surface area (Å²) in [6.07, 6.45) is 3.17. The average Bonchev–Trinajstić information content (AvgIpc) is 3.56. The molecule has 0 bridgehead atoms. The number of halogens is 1. The first-order valence-electron chi connectivity index (χ1n) is 10.1. The summed E-state index contributed by atoms with van der Waals surface area (Å²) in [6, 6.07) is 12.4. The Morgan fingerprint density at radius 1 is 1.03 bits per heavy atom. The van der Waals surface area contributed by atoms with E-state index in [2.05, 4.69) is 10.0 Å². The Kier molecular flexibility index (Phi) is 5.90. The maximum Gasteiger partial charge on any atom is 0.251 e. The molecule has 1 aliphatic carbocycles. The number of carbonyl (C=O) groups is 1. The van der Waals surface area contributed by atoms with Crippen LogP contribution in [0.1, 0.15) is 41.6 Å². The highest BCUT2D eigenvalue weighted by atomic mass is 32.2. The van der Waals surface area contributed by atoms with Crippen LogP contribution in [-0.4, -0.2) is 40.1 Å². The van der Waals surface area contributed by atoms with Gasteiger partial charge in [0.25, 0.3) is 5.91 Å². The Morgan fingerprint density at radius 3 is 2.27 bits per heavy atom. The van der Waals surface area contributed by atoms with Gasteiger partial charge in [-0.25, -0.2) is 17.5 Å². The monoisotopic (exact) mass is 432 g/mol. The van der Waals surface area contributed by atoms with Crippen molar-refractivity contribution in [2.24, 2.45) is 0 Å². The minimum absolute atomic E-state index is 0.0279. The molecule has 1 saturated carbocycles. The van der Waals surface area contributed by atoms with Gasteiger partial charge in [0.2, 0.25) is 10.0 Å². The van der Waals surface area contributed by atoms with Gasteiger partial charge in [-0.1, -0.05) is 12.1 Å². The van der Waals surface area contributed by atoms with Gasteiger partial charge in [0.05, 0.1) is 4.90 Å². The van der Waals surface area contributed by atoms with Crippen molar-refractivity contribution >= 4 is 15.9 Å². The standard InChI is InChI=1S/C22H25FN2O4S/c23-18-5-3-17(4-6-18)22(11-13-29-14-12-22)15-24-21(26)16-1-9-20(10-2-16)30(27,28)25-19-7-8-19/h1-6,9-10,19,25H,7-8,11-15H2,(H,24,26). The minimum Gasteiger partial charge on any atom is -0.381 e. The van der Waals surface area contributed by atoms with Crippen LogP contribution in [0.5, 0.6) is 0 Å². The SMILES string of the molecule is O=C(NCC1(c2ccc(F)cc2)CCOCC1)c1ccc(S(=O)(=O)NC2CC2)cc1.